The molecule has 1 amide bonds. The van der Waals surface area contributed by atoms with Gasteiger partial charge in [0, 0.05) is 6.54 Å². The minimum absolute atomic E-state index is 0.0404. The van der Waals surface area contributed by atoms with Gasteiger partial charge in [-0.3, -0.25) is 4.79 Å². The summed E-state index contributed by atoms with van der Waals surface area (Å²) < 4.78 is 4.75. The zero-order valence-electron chi connectivity index (χ0n) is 10.7. The minimum atomic E-state index is -0.436. The second-order valence-electron chi connectivity index (χ2n) is 4.14. The van der Waals surface area contributed by atoms with E-state index in [9.17, 15) is 9.59 Å². The fourth-order valence-electron chi connectivity index (χ4n) is 2.18. The first-order valence-electron chi connectivity index (χ1n) is 5.89. The van der Waals surface area contributed by atoms with Crippen LogP contribution in [0.25, 0.3) is 0 Å². The highest BCUT2D eigenvalue weighted by Gasteiger charge is 2.32. The number of hydrogen-bond acceptors (Lipinski definition) is 4. The maximum Gasteiger partial charge on any atom is 0.340 e. The van der Waals surface area contributed by atoms with Crippen LogP contribution in [0.5, 0.6) is 0 Å². The van der Waals surface area contributed by atoms with Gasteiger partial charge in [0.25, 0.3) is 0 Å². The van der Waals surface area contributed by atoms with Gasteiger partial charge in [-0.25, -0.2) is 4.79 Å². The second kappa shape index (κ2) is 4.68. The number of carbonyl (C=O) groups is 2. The van der Waals surface area contributed by atoms with Crippen LogP contribution in [-0.2, 0) is 9.53 Å². The van der Waals surface area contributed by atoms with Gasteiger partial charge in [-0.1, -0.05) is 6.07 Å². The molecule has 1 heterocycles. The van der Waals surface area contributed by atoms with Crippen LogP contribution in [-0.4, -0.2) is 31.6 Å². The number of hydrogen-bond donors (Lipinski definition) is 1. The third kappa shape index (κ3) is 1.81. The highest BCUT2D eigenvalue weighted by Crippen LogP contribution is 2.35. The van der Waals surface area contributed by atoms with E-state index in [2.05, 4.69) is 5.32 Å². The highest BCUT2D eigenvalue weighted by molar-refractivity contribution is 6.10. The number of amides is 1. The first-order valence-corrected chi connectivity index (χ1v) is 5.89. The number of para-hydroxylation sites is 1. The van der Waals surface area contributed by atoms with Gasteiger partial charge in [0.1, 0.15) is 6.04 Å². The largest absolute Gasteiger partial charge is 0.465 e. The lowest BCUT2D eigenvalue weighted by Crippen LogP contribution is -2.46. The number of nitrogens with one attached hydrogen (secondary N) is 1. The van der Waals surface area contributed by atoms with E-state index in [1.807, 2.05) is 13.0 Å². The molecule has 2 rings (SSSR count). The highest BCUT2D eigenvalue weighted by atomic mass is 16.5. The molecule has 0 saturated carbocycles. The summed E-state index contributed by atoms with van der Waals surface area (Å²) in [6.45, 7) is 4.21. The summed E-state index contributed by atoms with van der Waals surface area (Å²) in [4.78, 5) is 25.5. The Kier molecular flexibility index (Phi) is 3.23. The van der Waals surface area contributed by atoms with Gasteiger partial charge < -0.3 is 15.0 Å². The van der Waals surface area contributed by atoms with Gasteiger partial charge in [-0.2, -0.15) is 0 Å². The van der Waals surface area contributed by atoms with Crippen molar-refractivity contribution in [1.82, 2.24) is 0 Å². The van der Waals surface area contributed by atoms with E-state index in [1.54, 1.807) is 24.0 Å². The summed E-state index contributed by atoms with van der Waals surface area (Å²) in [6, 6.07) is 5.01. The molecule has 1 atom stereocenters. The van der Waals surface area contributed by atoms with Crippen molar-refractivity contribution < 1.29 is 14.3 Å². The number of methoxy groups -OCH3 is 1. The van der Waals surface area contributed by atoms with Crippen molar-refractivity contribution in [2.24, 2.45) is 0 Å². The number of rotatable bonds is 2. The molecule has 1 aromatic carbocycles. The van der Waals surface area contributed by atoms with Crippen molar-refractivity contribution in [1.29, 1.82) is 0 Å². The van der Waals surface area contributed by atoms with Crippen molar-refractivity contribution in [3.8, 4) is 0 Å². The van der Waals surface area contributed by atoms with Gasteiger partial charge in [-0.15, -0.1) is 0 Å². The van der Waals surface area contributed by atoms with Crippen LogP contribution in [0, 0.1) is 0 Å². The average molecular weight is 248 g/mol. The van der Waals surface area contributed by atoms with Crippen LogP contribution in [0.4, 0.5) is 11.4 Å². The third-order valence-electron chi connectivity index (χ3n) is 3.04. The van der Waals surface area contributed by atoms with Crippen molar-refractivity contribution in [3.63, 3.8) is 0 Å². The van der Waals surface area contributed by atoms with Gasteiger partial charge in [-0.05, 0) is 26.0 Å². The van der Waals surface area contributed by atoms with E-state index >= 15 is 0 Å². The fourth-order valence-corrected chi connectivity index (χ4v) is 2.18. The Morgan fingerprint density at radius 1 is 1.50 bits per heavy atom. The van der Waals surface area contributed by atoms with Crippen molar-refractivity contribution >= 4 is 23.3 Å². The average Bonchev–Trinajstić information content (AvgIpc) is 2.39. The van der Waals surface area contributed by atoms with Crippen LogP contribution >= 0.6 is 0 Å². The lowest BCUT2D eigenvalue weighted by atomic mass is 10.0. The second-order valence-corrected chi connectivity index (χ2v) is 4.14. The summed E-state index contributed by atoms with van der Waals surface area (Å²) in [5.41, 5.74) is 1.80. The van der Waals surface area contributed by atoms with Crippen LogP contribution < -0.4 is 10.2 Å². The summed E-state index contributed by atoms with van der Waals surface area (Å²) in [5, 5.41) is 3.09. The zero-order chi connectivity index (χ0) is 13.3. The van der Waals surface area contributed by atoms with Gasteiger partial charge in [0.15, 0.2) is 0 Å². The van der Waals surface area contributed by atoms with E-state index in [-0.39, 0.29) is 11.9 Å². The zero-order valence-corrected chi connectivity index (χ0v) is 10.7. The van der Waals surface area contributed by atoms with Crippen LogP contribution in [0.1, 0.15) is 24.2 Å². The molecular formula is C13H16N2O3. The number of esters is 1. The smallest absolute Gasteiger partial charge is 0.340 e. The molecule has 5 heteroatoms. The van der Waals surface area contributed by atoms with Crippen LogP contribution in [0.2, 0.25) is 0 Å². The first-order chi connectivity index (χ1) is 8.60. The number of likely N-dealkylation sites (N-methyl/N-ethyl adjacent to an activating group) is 1. The normalized spacial score (nSPS) is 18.1. The fraction of sp³-hybridized carbons (Fsp3) is 0.385. The van der Waals surface area contributed by atoms with Crippen molar-refractivity contribution in [2.45, 2.75) is 19.9 Å². The van der Waals surface area contributed by atoms with E-state index < -0.39 is 5.97 Å². The molecule has 1 aliphatic rings. The SMILES string of the molecule is CCN1C(=O)C(C)Nc2cccc(C(=O)OC)c21. The molecule has 0 bridgehead atoms. The standard InChI is InChI=1S/C13H16N2O3/c1-4-15-11-9(13(17)18-3)6-5-7-10(11)14-8(2)12(15)16/h5-8,14H,4H2,1-3H3. The Labute approximate surface area is 106 Å². The molecular weight excluding hydrogens is 232 g/mol. The molecule has 0 aromatic heterocycles. The molecule has 1 N–H and O–H groups in total. The lowest BCUT2D eigenvalue weighted by Gasteiger charge is -2.34. The number of carbonyl (C=O) groups excluding carboxylic acids is 2. The topological polar surface area (TPSA) is 58.6 Å². The third-order valence-corrected chi connectivity index (χ3v) is 3.04. The van der Waals surface area contributed by atoms with Gasteiger partial charge in [0.05, 0.1) is 24.0 Å². The molecule has 18 heavy (non-hydrogen) atoms. The molecule has 0 saturated heterocycles. The van der Waals surface area contributed by atoms with Gasteiger partial charge >= 0.3 is 5.97 Å². The lowest BCUT2D eigenvalue weighted by molar-refractivity contribution is -0.119. The molecule has 96 valence electrons. The Morgan fingerprint density at radius 2 is 2.22 bits per heavy atom. The van der Waals surface area contributed by atoms with E-state index in [0.717, 1.165) is 5.69 Å². The molecule has 1 aliphatic heterocycles. The minimum Gasteiger partial charge on any atom is -0.465 e. The predicted molar refractivity (Wildman–Crippen MR) is 68.9 cm³/mol. The first kappa shape index (κ1) is 12.4. The Morgan fingerprint density at radius 3 is 2.83 bits per heavy atom. The van der Waals surface area contributed by atoms with E-state index in [0.29, 0.717) is 17.8 Å². The summed E-state index contributed by atoms with van der Waals surface area (Å²) in [7, 11) is 1.33. The number of anilines is 2. The van der Waals surface area contributed by atoms with Crippen molar-refractivity contribution in [2.75, 3.05) is 23.9 Å². The van der Waals surface area contributed by atoms with E-state index in [4.69, 9.17) is 4.74 Å². The summed E-state index contributed by atoms with van der Waals surface area (Å²) >= 11 is 0. The number of benzene rings is 1. The summed E-state index contributed by atoms with van der Waals surface area (Å²) in [6.07, 6.45) is 0. The monoisotopic (exact) mass is 248 g/mol. The number of ether oxygens (including phenoxy) is 1. The summed E-state index contributed by atoms with van der Waals surface area (Å²) in [5.74, 6) is -0.476. The molecule has 0 aliphatic carbocycles. The molecule has 1 unspecified atom stereocenters. The van der Waals surface area contributed by atoms with Crippen molar-refractivity contribution in [3.05, 3.63) is 23.8 Å². The number of fused-ring (bicyclic) bond motifs is 1. The molecule has 0 spiro atoms. The van der Waals surface area contributed by atoms with E-state index in [1.165, 1.54) is 7.11 Å². The molecule has 0 radical (unpaired) electrons. The Balaban J connectivity index is 2.59. The maximum absolute atomic E-state index is 12.1. The number of nitrogens with zero attached hydrogens (tertiary/aromatic N) is 1. The molecule has 0 fully saturated rings. The molecule has 5 nitrogen and oxygen atoms in total. The Hall–Kier alpha value is -2.04. The van der Waals surface area contributed by atoms with Crippen LogP contribution in [0.15, 0.2) is 18.2 Å². The van der Waals surface area contributed by atoms with Gasteiger partial charge in [0.2, 0.25) is 5.91 Å². The maximum atomic E-state index is 12.1. The molecule has 1 aromatic rings. The Bertz CT molecular complexity index is 499. The predicted octanol–water partition coefficient (Wildman–Crippen LogP) is 1.64. The quantitative estimate of drug-likeness (QED) is 0.808. The van der Waals surface area contributed by atoms with Crippen LogP contribution in [0.3, 0.4) is 0 Å².